The van der Waals surface area contributed by atoms with Crippen LogP contribution in [-0.4, -0.2) is 45.5 Å². The van der Waals surface area contributed by atoms with E-state index >= 15 is 0 Å². The van der Waals surface area contributed by atoms with Crippen LogP contribution in [0.4, 0.5) is 10.5 Å². The number of carbonyl (C=O) groups is 1. The summed E-state index contributed by atoms with van der Waals surface area (Å²) < 4.78 is 1.85. The lowest BCUT2D eigenvalue weighted by atomic mass is 9.86. The summed E-state index contributed by atoms with van der Waals surface area (Å²) in [5.74, 6) is 0.926. The lowest BCUT2D eigenvalue weighted by Crippen LogP contribution is -2.42. The number of nitrogens with one attached hydrogen (secondary N) is 1. The second-order valence-corrected chi connectivity index (χ2v) is 6.74. The molecule has 22 heavy (non-hydrogen) atoms. The van der Waals surface area contributed by atoms with Crippen LogP contribution in [-0.2, 0) is 6.54 Å². The van der Waals surface area contributed by atoms with E-state index in [-0.39, 0.29) is 18.7 Å². The number of amides is 2. The van der Waals surface area contributed by atoms with Gasteiger partial charge in [-0.3, -0.25) is 4.68 Å². The van der Waals surface area contributed by atoms with Gasteiger partial charge in [0.05, 0.1) is 11.9 Å². The Morgan fingerprint density at radius 3 is 2.73 bits per heavy atom. The predicted octanol–water partition coefficient (Wildman–Crippen LogP) is 2.55. The zero-order valence-electron chi connectivity index (χ0n) is 13.8. The minimum absolute atomic E-state index is 0.0865. The third kappa shape index (κ3) is 4.47. The molecule has 0 unspecified atom stereocenters. The van der Waals surface area contributed by atoms with Crippen LogP contribution in [0, 0.1) is 11.8 Å². The fraction of sp³-hybridized carbons (Fsp3) is 0.750. The molecular weight excluding hydrogens is 280 g/mol. The van der Waals surface area contributed by atoms with Crippen molar-refractivity contribution in [3.8, 4) is 0 Å². The van der Waals surface area contributed by atoms with Crippen molar-refractivity contribution in [3.63, 3.8) is 0 Å². The molecule has 1 aromatic heterocycles. The minimum Gasteiger partial charge on any atom is -0.396 e. The van der Waals surface area contributed by atoms with E-state index in [1.807, 2.05) is 17.9 Å². The SMILES string of the molecule is CC(C)Cn1cc(NC(=O)N(C)C2CCC(CO)CC2)cn1. The van der Waals surface area contributed by atoms with Gasteiger partial charge in [0.15, 0.2) is 0 Å². The minimum atomic E-state index is -0.0865. The summed E-state index contributed by atoms with van der Waals surface area (Å²) in [6.07, 6.45) is 7.46. The molecule has 1 fully saturated rings. The van der Waals surface area contributed by atoms with Crippen molar-refractivity contribution in [2.24, 2.45) is 11.8 Å². The molecule has 1 aliphatic carbocycles. The monoisotopic (exact) mass is 308 g/mol. The molecule has 0 aromatic carbocycles. The first-order chi connectivity index (χ1) is 10.5. The highest BCUT2D eigenvalue weighted by Gasteiger charge is 2.26. The first-order valence-electron chi connectivity index (χ1n) is 8.16. The molecule has 124 valence electrons. The van der Waals surface area contributed by atoms with Gasteiger partial charge in [-0.25, -0.2) is 4.79 Å². The zero-order valence-corrected chi connectivity index (χ0v) is 13.8. The Balaban J connectivity index is 1.85. The second-order valence-electron chi connectivity index (χ2n) is 6.74. The van der Waals surface area contributed by atoms with E-state index in [4.69, 9.17) is 0 Å². The predicted molar refractivity (Wildman–Crippen MR) is 86.7 cm³/mol. The normalized spacial score (nSPS) is 21.9. The van der Waals surface area contributed by atoms with E-state index in [0.29, 0.717) is 11.8 Å². The summed E-state index contributed by atoms with van der Waals surface area (Å²) in [6, 6.07) is 0.171. The summed E-state index contributed by atoms with van der Waals surface area (Å²) in [5, 5.41) is 16.4. The molecule has 0 aliphatic heterocycles. The number of aliphatic hydroxyl groups is 1. The average molecular weight is 308 g/mol. The summed E-state index contributed by atoms with van der Waals surface area (Å²) >= 11 is 0. The van der Waals surface area contributed by atoms with Crippen molar-refractivity contribution in [2.75, 3.05) is 19.0 Å². The van der Waals surface area contributed by atoms with Crippen LogP contribution in [0.5, 0.6) is 0 Å². The molecule has 0 saturated heterocycles. The van der Waals surface area contributed by atoms with E-state index < -0.39 is 0 Å². The van der Waals surface area contributed by atoms with Crippen molar-refractivity contribution >= 4 is 11.7 Å². The van der Waals surface area contributed by atoms with E-state index in [2.05, 4.69) is 24.3 Å². The van der Waals surface area contributed by atoms with Gasteiger partial charge < -0.3 is 15.3 Å². The lowest BCUT2D eigenvalue weighted by molar-refractivity contribution is 0.139. The number of hydrogen-bond acceptors (Lipinski definition) is 3. The molecular formula is C16H28N4O2. The Kier molecular flexibility index (Phi) is 5.83. The number of urea groups is 1. The molecule has 2 rings (SSSR count). The van der Waals surface area contributed by atoms with Crippen molar-refractivity contribution in [2.45, 2.75) is 52.1 Å². The average Bonchev–Trinajstić information content (AvgIpc) is 2.92. The first-order valence-corrected chi connectivity index (χ1v) is 8.16. The molecule has 1 aromatic rings. The third-order valence-electron chi connectivity index (χ3n) is 4.38. The number of carbonyl (C=O) groups excluding carboxylic acids is 1. The number of nitrogens with zero attached hydrogens (tertiary/aromatic N) is 3. The maximum Gasteiger partial charge on any atom is 0.321 e. The molecule has 1 saturated carbocycles. The smallest absolute Gasteiger partial charge is 0.321 e. The number of aliphatic hydroxyl groups excluding tert-OH is 1. The summed E-state index contributed by atoms with van der Waals surface area (Å²) in [6.45, 7) is 5.38. The maximum absolute atomic E-state index is 12.3. The fourth-order valence-electron chi connectivity index (χ4n) is 2.99. The lowest BCUT2D eigenvalue weighted by Gasteiger charge is -2.34. The number of aromatic nitrogens is 2. The molecule has 0 atom stereocenters. The van der Waals surface area contributed by atoms with Gasteiger partial charge in [-0.2, -0.15) is 5.10 Å². The standard InChI is InChI=1S/C16H28N4O2/c1-12(2)9-20-10-14(8-17-20)18-16(22)19(3)15-6-4-13(11-21)5-7-15/h8,10,12-13,15,21H,4-7,9,11H2,1-3H3,(H,18,22). The van der Waals surface area contributed by atoms with Gasteiger partial charge in [0.1, 0.15) is 0 Å². The van der Waals surface area contributed by atoms with Crippen LogP contribution in [0.1, 0.15) is 39.5 Å². The van der Waals surface area contributed by atoms with Crippen LogP contribution >= 0.6 is 0 Å². The van der Waals surface area contributed by atoms with E-state index in [0.717, 1.165) is 37.9 Å². The summed E-state index contributed by atoms with van der Waals surface area (Å²) in [7, 11) is 1.85. The number of rotatable bonds is 5. The van der Waals surface area contributed by atoms with Crippen LogP contribution in [0.25, 0.3) is 0 Å². The van der Waals surface area contributed by atoms with Crippen molar-refractivity contribution in [1.29, 1.82) is 0 Å². The van der Waals surface area contributed by atoms with Crippen molar-refractivity contribution < 1.29 is 9.90 Å². The largest absolute Gasteiger partial charge is 0.396 e. The Bertz CT molecular complexity index is 478. The van der Waals surface area contributed by atoms with Gasteiger partial charge in [0, 0.05) is 32.4 Å². The first kappa shape index (κ1) is 16.8. The Morgan fingerprint density at radius 1 is 1.45 bits per heavy atom. The molecule has 2 N–H and O–H groups in total. The molecule has 0 spiro atoms. The fourth-order valence-corrected chi connectivity index (χ4v) is 2.99. The van der Waals surface area contributed by atoms with Crippen molar-refractivity contribution in [1.82, 2.24) is 14.7 Å². The topological polar surface area (TPSA) is 70.4 Å². The van der Waals surface area contributed by atoms with E-state index in [1.54, 1.807) is 11.1 Å². The molecule has 6 nitrogen and oxygen atoms in total. The highest BCUT2D eigenvalue weighted by atomic mass is 16.3. The number of hydrogen-bond donors (Lipinski definition) is 2. The summed E-state index contributed by atoms with van der Waals surface area (Å²) in [4.78, 5) is 14.1. The second kappa shape index (κ2) is 7.63. The Morgan fingerprint density at radius 2 is 2.14 bits per heavy atom. The van der Waals surface area contributed by atoms with Gasteiger partial charge >= 0.3 is 6.03 Å². The van der Waals surface area contributed by atoms with Crippen LogP contribution in [0.2, 0.25) is 0 Å². The Labute approximate surface area is 132 Å². The van der Waals surface area contributed by atoms with Crippen LogP contribution in [0.15, 0.2) is 12.4 Å². The van der Waals surface area contributed by atoms with E-state index in [1.165, 1.54) is 0 Å². The highest BCUT2D eigenvalue weighted by Crippen LogP contribution is 2.27. The van der Waals surface area contributed by atoms with Gasteiger partial charge in [0.25, 0.3) is 0 Å². The zero-order chi connectivity index (χ0) is 16.1. The molecule has 6 heteroatoms. The van der Waals surface area contributed by atoms with E-state index in [9.17, 15) is 9.90 Å². The van der Waals surface area contributed by atoms with Crippen molar-refractivity contribution in [3.05, 3.63) is 12.4 Å². The van der Waals surface area contributed by atoms with Gasteiger partial charge in [-0.05, 0) is 37.5 Å². The third-order valence-corrected chi connectivity index (χ3v) is 4.38. The molecule has 0 bridgehead atoms. The summed E-state index contributed by atoms with van der Waals surface area (Å²) in [5.41, 5.74) is 0.738. The molecule has 1 aliphatic rings. The van der Waals surface area contributed by atoms with Crippen LogP contribution in [0.3, 0.4) is 0 Å². The Hall–Kier alpha value is -1.56. The molecule has 2 amide bonds. The van der Waals surface area contributed by atoms with Gasteiger partial charge in [-0.1, -0.05) is 13.8 Å². The van der Waals surface area contributed by atoms with Gasteiger partial charge in [0.2, 0.25) is 0 Å². The molecule has 1 heterocycles. The van der Waals surface area contributed by atoms with Gasteiger partial charge in [-0.15, -0.1) is 0 Å². The number of anilines is 1. The maximum atomic E-state index is 12.3. The van der Waals surface area contributed by atoms with Crippen LogP contribution < -0.4 is 5.32 Å². The highest BCUT2D eigenvalue weighted by molar-refractivity contribution is 5.89. The molecule has 0 radical (unpaired) electrons. The quantitative estimate of drug-likeness (QED) is 0.878.